The monoisotopic (exact) mass is 298 g/mol. The maximum absolute atomic E-state index is 10.4. The van der Waals surface area contributed by atoms with Crippen molar-refractivity contribution >= 4 is 5.82 Å². The molecule has 0 aromatic carbocycles. The average Bonchev–Trinajstić information content (AvgIpc) is 2.48. The molecular weight excluding hydrogens is 268 g/mol. The molecule has 5 nitrogen and oxygen atoms in total. The number of ether oxygens (including phenoxy) is 1. The second-order valence-corrected chi connectivity index (χ2v) is 4.39. The summed E-state index contributed by atoms with van der Waals surface area (Å²) >= 11 is 0. The van der Waals surface area contributed by atoms with Crippen LogP contribution in [0.5, 0.6) is 5.75 Å². The molecular formula is C16H30N2O3. The fraction of sp³-hybridized carbons (Fsp3) is 0.688. The molecule has 1 aromatic rings. The van der Waals surface area contributed by atoms with Gasteiger partial charge >= 0.3 is 5.82 Å². The minimum Gasteiger partial charge on any atom is -0.487 e. The Hall–Kier alpha value is -1.65. The molecule has 0 N–H and O–H groups in total. The number of unbranched alkanes of at least 4 members (excludes halogenated alkanes) is 1. The highest BCUT2D eigenvalue weighted by atomic mass is 16.6. The molecule has 0 aliphatic carbocycles. The van der Waals surface area contributed by atoms with Crippen molar-refractivity contribution in [3.8, 4) is 5.75 Å². The van der Waals surface area contributed by atoms with Gasteiger partial charge in [-0.05, 0) is 29.3 Å². The van der Waals surface area contributed by atoms with E-state index in [1.807, 2.05) is 20.8 Å². The molecule has 0 saturated carbocycles. The van der Waals surface area contributed by atoms with Gasteiger partial charge in [0, 0.05) is 6.07 Å². The molecule has 1 unspecified atom stereocenters. The summed E-state index contributed by atoms with van der Waals surface area (Å²) in [7, 11) is 0. The van der Waals surface area contributed by atoms with Crippen molar-refractivity contribution in [2.24, 2.45) is 0 Å². The first-order valence-corrected chi connectivity index (χ1v) is 7.82. The third kappa shape index (κ3) is 11.8. The van der Waals surface area contributed by atoms with Gasteiger partial charge < -0.3 is 14.9 Å². The summed E-state index contributed by atoms with van der Waals surface area (Å²) in [5.74, 6) is 0.419. The Bertz CT molecular complexity index is 353. The van der Waals surface area contributed by atoms with Crippen LogP contribution < -0.4 is 4.74 Å². The van der Waals surface area contributed by atoms with Crippen molar-refractivity contribution < 1.29 is 9.66 Å². The standard InChI is InChI=1S/C11H16N2O3.C3H8.C2H6/c1-3-4-5-9(2)16-10-6-7-11(12-8-10)13(14)15;1-3-2;1-2/h6-9H,3-5H2,1-2H3;3H2,1-2H3;1-2H3. The van der Waals surface area contributed by atoms with Crippen LogP contribution >= 0.6 is 0 Å². The van der Waals surface area contributed by atoms with Crippen molar-refractivity contribution in [2.75, 3.05) is 0 Å². The van der Waals surface area contributed by atoms with Crippen molar-refractivity contribution in [1.82, 2.24) is 4.98 Å². The van der Waals surface area contributed by atoms with E-state index >= 15 is 0 Å². The third-order valence-electron chi connectivity index (χ3n) is 2.21. The van der Waals surface area contributed by atoms with Crippen molar-refractivity contribution in [3.63, 3.8) is 0 Å². The summed E-state index contributed by atoms with van der Waals surface area (Å²) in [5, 5.41) is 10.4. The smallest absolute Gasteiger partial charge is 0.363 e. The predicted molar refractivity (Wildman–Crippen MR) is 87.8 cm³/mol. The quantitative estimate of drug-likeness (QED) is 0.521. The zero-order valence-corrected chi connectivity index (χ0v) is 14.3. The molecule has 0 radical (unpaired) electrons. The van der Waals surface area contributed by atoms with Crippen molar-refractivity contribution in [3.05, 3.63) is 28.4 Å². The van der Waals surface area contributed by atoms with Crippen LogP contribution in [0.4, 0.5) is 5.82 Å². The van der Waals surface area contributed by atoms with Gasteiger partial charge in [-0.15, -0.1) is 0 Å². The first kappa shape index (κ1) is 21.6. The van der Waals surface area contributed by atoms with Crippen LogP contribution in [0.2, 0.25) is 0 Å². The Morgan fingerprint density at radius 1 is 1.29 bits per heavy atom. The molecule has 0 aliphatic heterocycles. The normalized spacial score (nSPS) is 10.4. The molecule has 0 saturated heterocycles. The molecule has 0 bridgehead atoms. The summed E-state index contributed by atoms with van der Waals surface area (Å²) in [4.78, 5) is 13.5. The Morgan fingerprint density at radius 2 is 1.86 bits per heavy atom. The summed E-state index contributed by atoms with van der Waals surface area (Å²) in [6.07, 6.45) is 5.98. The number of hydrogen-bond donors (Lipinski definition) is 0. The number of rotatable bonds is 6. The predicted octanol–water partition coefficient (Wildman–Crippen LogP) is 5.39. The highest BCUT2D eigenvalue weighted by molar-refractivity contribution is 5.26. The van der Waals surface area contributed by atoms with Crippen LogP contribution in [-0.4, -0.2) is 16.0 Å². The molecule has 0 amide bonds. The van der Waals surface area contributed by atoms with Crippen LogP contribution in [0, 0.1) is 10.1 Å². The summed E-state index contributed by atoms with van der Waals surface area (Å²) in [6.45, 7) is 12.4. The van der Waals surface area contributed by atoms with E-state index in [0.29, 0.717) is 5.75 Å². The van der Waals surface area contributed by atoms with Gasteiger partial charge in [-0.3, -0.25) is 0 Å². The first-order valence-electron chi connectivity index (χ1n) is 7.82. The van der Waals surface area contributed by atoms with Crippen molar-refractivity contribution in [2.45, 2.75) is 73.3 Å². The molecule has 0 fully saturated rings. The highest BCUT2D eigenvalue weighted by Gasteiger charge is 2.09. The van der Waals surface area contributed by atoms with E-state index in [1.54, 1.807) is 6.07 Å². The van der Waals surface area contributed by atoms with Gasteiger partial charge in [0.1, 0.15) is 0 Å². The van der Waals surface area contributed by atoms with E-state index in [1.165, 1.54) is 18.7 Å². The fourth-order valence-electron chi connectivity index (χ4n) is 1.33. The van der Waals surface area contributed by atoms with Crippen LogP contribution in [0.3, 0.4) is 0 Å². The number of aromatic nitrogens is 1. The van der Waals surface area contributed by atoms with Gasteiger partial charge in [0.15, 0.2) is 11.9 Å². The molecule has 0 spiro atoms. The van der Waals surface area contributed by atoms with Gasteiger partial charge in [-0.2, -0.15) is 0 Å². The van der Waals surface area contributed by atoms with Crippen LogP contribution in [0.1, 0.15) is 67.2 Å². The Kier molecular flexibility index (Phi) is 15.2. The lowest BCUT2D eigenvalue weighted by Gasteiger charge is -2.12. The van der Waals surface area contributed by atoms with Gasteiger partial charge in [0.05, 0.1) is 6.10 Å². The zero-order chi connectivity index (χ0) is 16.7. The number of nitrogens with zero attached hydrogens (tertiary/aromatic N) is 2. The lowest BCUT2D eigenvalue weighted by Crippen LogP contribution is -2.11. The lowest BCUT2D eigenvalue weighted by molar-refractivity contribution is -0.389. The minimum absolute atomic E-state index is 0.114. The van der Waals surface area contributed by atoms with E-state index < -0.39 is 4.92 Å². The summed E-state index contributed by atoms with van der Waals surface area (Å²) in [6, 6.07) is 2.93. The van der Waals surface area contributed by atoms with E-state index in [4.69, 9.17) is 4.74 Å². The fourth-order valence-corrected chi connectivity index (χ4v) is 1.33. The zero-order valence-electron chi connectivity index (χ0n) is 14.3. The van der Waals surface area contributed by atoms with Gasteiger partial charge in [-0.1, -0.05) is 53.9 Å². The maximum atomic E-state index is 10.4. The molecule has 0 aliphatic rings. The summed E-state index contributed by atoms with van der Waals surface area (Å²) < 4.78 is 5.57. The number of pyridine rings is 1. The Morgan fingerprint density at radius 3 is 2.24 bits per heavy atom. The van der Waals surface area contributed by atoms with E-state index in [0.717, 1.165) is 19.3 Å². The van der Waals surface area contributed by atoms with Crippen LogP contribution in [-0.2, 0) is 0 Å². The molecule has 1 heterocycles. The third-order valence-corrected chi connectivity index (χ3v) is 2.21. The number of hydrogen-bond acceptors (Lipinski definition) is 4. The molecule has 21 heavy (non-hydrogen) atoms. The Labute approximate surface area is 128 Å². The minimum atomic E-state index is -0.524. The van der Waals surface area contributed by atoms with E-state index in [9.17, 15) is 10.1 Å². The molecule has 1 atom stereocenters. The maximum Gasteiger partial charge on any atom is 0.363 e. The van der Waals surface area contributed by atoms with Crippen LogP contribution in [0.25, 0.3) is 0 Å². The van der Waals surface area contributed by atoms with E-state index in [-0.39, 0.29) is 11.9 Å². The molecule has 1 rings (SSSR count). The molecule has 122 valence electrons. The summed E-state index contributed by atoms with van der Waals surface area (Å²) in [5.41, 5.74) is 0. The van der Waals surface area contributed by atoms with Crippen LogP contribution in [0.15, 0.2) is 18.3 Å². The second kappa shape index (κ2) is 14.8. The van der Waals surface area contributed by atoms with Gasteiger partial charge in [0.2, 0.25) is 0 Å². The number of nitro groups is 1. The Balaban J connectivity index is 0. The highest BCUT2D eigenvalue weighted by Crippen LogP contribution is 2.16. The van der Waals surface area contributed by atoms with E-state index in [2.05, 4.69) is 25.8 Å². The average molecular weight is 298 g/mol. The van der Waals surface area contributed by atoms with Gasteiger partial charge in [-0.25, -0.2) is 0 Å². The first-order chi connectivity index (χ1) is 10.0. The molecule has 1 aromatic heterocycles. The molecule has 5 heteroatoms. The van der Waals surface area contributed by atoms with Crippen molar-refractivity contribution in [1.29, 1.82) is 0 Å². The lowest BCUT2D eigenvalue weighted by atomic mass is 10.2. The largest absolute Gasteiger partial charge is 0.487 e. The van der Waals surface area contributed by atoms with Gasteiger partial charge in [0.25, 0.3) is 0 Å². The SMILES string of the molecule is CC.CCC.CCCCC(C)Oc1ccc([N+](=O)[O-])nc1. The second-order valence-electron chi connectivity index (χ2n) is 4.39. The topological polar surface area (TPSA) is 65.3 Å².